The number of nitrogens with zero attached hydrogens (tertiary/aromatic N) is 1. The van der Waals surface area contributed by atoms with Gasteiger partial charge in [0.05, 0.1) is 17.7 Å². The van der Waals surface area contributed by atoms with E-state index < -0.39 is 0 Å². The van der Waals surface area contributed by atoms with E-state index in [9.17, 15) is 4.79 Å². The topological polar surface area (TPSA) is 63.2 Å². The molecule has 0 atom stereocenters. The normalized spacial score (nSPS) is 18.7. The first-order chi connectivity index (χ1) is 14.6. The fraction of sp³-hybridized carbons (Fsp3) is 0.360. The summed E-state index contributed by atoms with van der Waals surface area (Å²) in [6, 6.07) is 17.6. The predicted octanol–water partition coefficient (Wildman–Crippen LogP) is 5.69. The number of hydrogen-bond donors (Lipinski definition) is 2. The van der Waals surface area contributed by atoms with Gasteiger partial charge in [0, 0.05) is 17.1 Å². The van der Waals surface area contributed by atoms with Crippen molar-refractivity contribution < 1.29 is 9.53 Å². The number of carbonyl (C=O) groups excluding carboxylic acids is 1. The Hall–Kier alpha value is -3.08. The third-order valence-electron chi connectivity index (χ3n) is 5.75. The molecule has 1 heterocycles. The van der Waals surface area contributed by atoms with Gasteiger partial charge in [-0.1, -0.05) is 25.1 Å². The molecule has 4 rings (SSSR count). The average Bonchev–Trinajstić information content (AvgIpc) is 2.76. The van der Waals surface area contributed by atoms with Gasteiger partial charge in [-0.05, 0) is 74.9 Å². The fourth-order valence-electron chi connectivity index (χ4n) is 4.04. The monoisotopic (exact) mass is 403 g/mol. The van der Waals surface area contributed by atoms with Crippen LogP contribution < -0.4 is 15.4 Å². The Morgan fingerprint density at radius 1 is 1.07 bits per heavy atom. The first kappa shape index (κ1) is 20.2. The number of fused-ring (bicyclic) bond motifs is 1. The quantitative estimate of drug-likeness (QED) is 0.555. The highest BCUT2D eigenvalue weighted by molar-refractivity contribution is 6.07. The first-order valence-corrected chi connectivity index (χ1v) is 10.8. The van der Waals surface area contributed by atoms with Gasteiger partial charge in [-0.25, -0.2) is 4.98 Å². The molecular formula is C25H29N3O2. The van der Waals surface area contributed by atoms with Crippen LogP contribution in [0.3, 0.4) is 0 Å². The molecule has 1 fully saturated rings. The molecule has 0 bridgehead atoms. The van der Waals surface area contributed by atoms with E-state index in [0.29, 0.717) is 18.0 Å². The van der Waals surface area contributed by atoms with Gasteiger partial charge < -0.3 is 15.4 Å². The van der Waals surface area contributed by atoms with Crippen molar-refractivity contribution in [2.75, 3.05) is 11.9 Å². The molecule has 156 valence electrons. The summed E-state index contributed by atoms with van der Waals surface area (Å²) in [5.41, 5.74) is 2.36. The summed E-state index contributed by atoms with van der Waals surface area (Å²) in [5.74, 6) is 2.21. The zero-order valence-electron chi connectivity index (χ0n) is 17.7. The van der Waals surface area contributed by atoms with Crippen LogP contribution in [0.5, 0.6) is 5.75 Å². The number of benzene rings is 2. The Kier molecular flexibility index (Phi) is 6.17. The van der Waals surface area contributed by atoms with E-state index in [4.69, 9.17) is 9.72 Å². The lowest BCUT2D eigenvalue weighted by Gasteiger charge is -2.27. The van der Waals surface area contributed by atoms with Crippen LogP contribution in [0.25, 0.3) is 10.9 Å². The van der Waals surface area contributed by atoms with E-state index >= 15 is 0 Å². The largest absolute Gasteiger partial charge is 0.494 e. The summed E-state index contributed by atoms with van der Waals surface area (Å²) >= 11 is 0. The highest BCUT2D eigenvalue weighted by atomic mass is 16.5. The van der Waals surface area contributed by atoms with Crippen molar-refractivity contribution in [2.45, 2.75) is 45.6 Å². The number of rotatable bonds is 6. The number of carbonyl (C=O) groups is 1. The van der Waals surface area contributed by atoms with Gasteiger partial charge in [0.15, 0.2) is 0 Å². The summed E-state index contributed by atoms with van der Waals surface area (Å²) in [6.07, 6.45) is 4.44. The van der Waals surface area contributed by atoms with E-state index in [-0.39, 0.29) is 11.9 Å². The highest BCUT2D eigenvalue weighted by Crippen LogP contribution is 2.26. The Morgan fingerprint density at radius 3 is 2.53 bits per heavy atom. The molecule has 1 aliphatic carbocycles. The number of hydrogen-bond acceptors (Lipinski definition) is 4. The molecular weight excluding hydrogens is 374 g/mol. The maximum atomic E-state index is 13.1. The van der Waals surface area contributed by atoms with Crippen LogP contribution in [0.15, 0.2) is 54.6 Å². The van der Waals surface area contributed by atoms with E-state index in [2.05, 4.69) is 17.6 Å². The maximum absolute atomic E-state index is 13.1. The molecule has 1 aliphatic rings. The minimum Gasteiger partial charge on any atom is -0.494 e. The second-order valence-electron chi connectivity index (χ2n) is 8.08. The van der Waals surface area contributed by atoms with Crippen molar-refractivity contribution in [3.63, 3.8) is 0 Å². The van der Waals surface area contributed by atoms with Crippen LogP contribution in [0.1, 0.15) is 49.9 Å². The second kappa shape index (κ2) is 9.16. The Morgan fingerprint density at radius 2 is 1.80 bits per heavy atom. The van der Waals surface area contributed by atoms with E-state index in [1.165, 1.54) is 12.8 Å². The molecule has 0 radical (unpaired) electrons. The third-order valence-corrected chi connectivity index (χ3v) is 5.75. The van der Waals surface area contributed by atoms with Gasteiger partial charge in [0.25, 0.3) is 5.91 Å². The molecule has 3 aromatic rings. The number of amides is 1. The summed E-state index contributed by atoms with van der Waals surface area (Å²) in [7, 11) is 0. The number of aromatic nitrogens is 1. The Labute approximate surface area is 177 Å². The summed E-state index contributed by atoms with van der Waals surface area (Å²) < 4.78 is 5.50. The summed E-state index contributed by atoms with van der Waals surface area (Å²) in [6.45, 7) is 4.89. The molecule has 5 heteroatoms. The Bertz CT molecular complexity index is 1010. The Balaban J connectivity index is 1.58. The van der Waals surface area contributed by atoms with E-state index in [1.807, 2.05) is 61.5 Å². The third kappa shape index (κ3) is 4.73. The van der Waals surface area contributed by atoms with Crippen molar-refractivity contribution in [1.29, 1.82) is 0 Å². The van der Waals surface area contributed by atoms with Crippen LogP contribution in [-0.4, -0.2) is 23.5 Å². The molecule has 5 nitrogen and oxygen atoms in total. The molecule has 30 heavy (non-hydrogen) atoms. The molecule has 2 aromatic carbocycles. The van der Waals surface area contributed by atoms with Crippen molar-refractivity contribution in [3.05, 3.63) is 60.2 Å². The van der Waals surface area contributed by atoms with Crippen LogP contribution in [-0.2, 0) is 0 Å². The number of anilines is 2. The van der Waals surface area contributed by atoms with Crippen molar-refractivity contribution in [3.8, 4) is 5.75 Å². The number of nitrogens with one attached hydrogen (secondary N) is 2. The predicted molar refractivity (Wildman–Crippen MR) is 122 cm³/mol. The van der Waals surface area contributed by atoms with Gasteiger partial charge >= 0.3 is 0 Å². The number of pyridine rings is 1. The van der Waals surface area contributed by atoms with E-state index in [0.717, 1.165) is 41.1 Å². The van der Waals surface area contributed by atoms with Gasteiger partial charge in [-0.2, -0.15) is 0 Å². The van der Waals surface area contributed by atoms with Crippen LogP contribution >= 0.6 is 0 Å². The lowest BCUT2D eigenvalue weighted by molar-refractivity contribution is 0.0924. The van der Waals surface area contributed by atoms with Crippen molar-refractivity contribution in [2.24, 2.45) is 5.92 Å². The standard InChI is InChI=1S/C25H29N3O2/c1-3-30-20-14-12-18(13-15-20)26-24-16-22(21-6-4-5-7-23(21)28-24)25(29)27-19-10-8-17(2)9-11-19/h4-7,12-17,19H,3,8-11H2,1-2H3,(H,26,28)(H,27,29). The van der Waals surface area contributed by atoms with E-state index in [1.54, 1.807) is 0 Å². The zero-order valence-corrected chi connectivity index (χ0v) is 17.7. The zero-order chi connectivity index (χ0) is 20.9. The summed E-state index contributed by atoms with van der Waals surface area (Å²) in [4.78, 5) is 17.9. The second-order valence-corrected chi connectivity index (χ2v) is 8.08. The van der Waals surface area contributed by atoms with Gasteiger partial charge in [0.1, 0.15) is 11.6 Å². The van der Waals surface area contributed by atoms with Gasteiger partial charge in [-0.15, -0.1) is 0 Å². The molecule has 1 amide bonds. The first-order valence-electron chi connectivity index (χ1n) is 10.8. The van der Waals surface area contributed by atoms with Gasteiger partial charge in [-0.3, -0.25) is 4.79 Å². The molecule has 1 saturated carbocycles. The fourth-order valence-corrected chi connectivity index (χ4v) is 4.04. The average molecular weight is 404 g/mol. The van der Waals surface area contributed by atoms with Crippen LogP contribution in [0.4, 0.5) is 11.5 Å². The minimum absolute atomic E-state index is 0.0251. The van der Waals surface area contributed by atoms with Crippen molar-refractivity contribution in [1.82, 2.24) is 10.3 Å². The smallest absolute Gasteiger partial charge is 0.252 e. The maximum Gasteiger partial charge on any atom is 0.252 e. The number of para-hydroxylation sites is 1. The SMILES string of the molecule is CCOc1ccc(Nc2cc(C(=O)NC3CCC(C)CC3)c3ccccc3n2)cc1. The number of ether oxygens (including phenoxy) is 1. The molecule has 0 unspecified atom stereocenters. The molecule has 0 spiro atoms. The lowest BCUT2D eigenvalue weighted by atomic mass is 9.87. The molecule has 2 N–H and O–H groups in total. The van der Waals surface area contributed by atoms with Gasteiger partial charge in [0.2, 0.25) is 0 Å². The molecule has 1 aromatic heterocycles. The minimum atomic E-state index is -0.0251. The summed E-state index contributed by atoms with van der Waals surface area (Å²) in [5, 5.41) is 7.44. The van der Waals surface area contributed by atoms with Crippen LogP contribution in [0.2, 0.25) is 0 Å². The molecule has 0 aliphatic heterocycles. The highest BCUT2D eigenvalue weighted by Gasteiger charge is 2.21. The van der Waals surface area contributed by atoms with Crippen molar-refractivity contribution >= 4 is 28.3 Å². The van der Waals surface area contributed by atoms with Crippen LogP contribution in [0, 0.1) is 5.92 Å². The lowest BCUT2D eigenvalue weighted by Crippen LogP contribution is -2.37. The molecule has 0 saturated heterocycles.